The molecule has 0 spiro atoms. The number of ether oxygens (including phenoxy) is 1. The minimum atomic E-state index is -0.249. The van der Waals surface area contributed by atoms with Gasteiger partial charge in [-0.1, -0.05) is 6.07 Å². The molecule has 1 aliphatic rings. The average Bonchev–Trinajstić information content (AvgIpc) is 3.10. The quantitative estimate of drug-likeness (QED) is 0.757. The lowest BCUT2D eigenvalue weighted by Gasteiger charge is -2.20. The first kappa shape index (κ1) is 9.96. The lowest BCUT2D eigenvalue weighted by Crippen LogP contribution is -2.32. The van der Waals surface area contributed by atoms with E-state index >= 15 is 0 Å². The molecule has 1 saturated carbocycles. The molecule has 1 aliphatic carbocycles. The molecule has 15 heavy (non-hydrogen) atoms. The van der Waals surface area contributed by atoms with Gasteiger partial charge in [0.15, 0.2) is 0 Å². The number of carbonyl (C=O) groups is 1. The Labute approximate surface area is 88.9 Å². The van der Waals surface area contributed by atoms with Crippen LogP contribution in [0.3, 0.4) is 0 Å². The molecule has 0 radical (unpaired) electrons. The maximum absolute atomic E-state index is 11.5. The fourth-order valence-corrected chi connectivity index (χ4v) is 1.53. The molecule has 0 atom stereocenters. The van der Waals surface area contributed by atoms with Gasteiger partial charge in [-0.25, -0.2) is 4.79 Å². The van der Waals surface area contributed by atoms with Crippen molar-refractivity contribution >= 4 is 6.09 Å². The van der Waals surface area contributed by atoms with Crippen molar-refractivity contribution in [3.05, 3.63) is 30.1 Å². The fourth-order valence-electron chi connectivity index (χ4n) is 1.53. The Morgan fingerprint density at radius 1 is 1.67 bits per heavy atom. The number of rotatable bonds is 3. The molecule has 80 valence electrons. The maximum Gasteiger partial charge on any atom is 0.410 e. The van der Waals surface area contributed by atoms with E-state index in [9.17, 15) is 4.79 Å². The average molecular weight is 206 g/mol. The summed E-state index contributed by atoms with van der Waals surface area (Å²) in [5, 5.41) is 0. The minimum absolute atomic E-state index is 0.249. The van der Waals surface area contributed by atoms with Gasteiger partial charge < -0.3 is 9.64 Å². The van der Waals surface area contributed by atoms with Gasteiger partial charge in [-0.15, -0.1) is 0 Å². The van der Waals surface area contributed by atoms with Crippen LogP contribution in [0.4, 0.5) is 4.79 Å². The van der Waals surface area contributed by atoms with Crippen molar-refractivity contribution in [2.24, 2.45) is 0 Å². The van der Waals surface area contributed by atoms with E-state index in [2.05, 4.69) is 4.98 Å². The Bertz CT molecular complexity index is 336. The molecule has 2 rings (SSSR count). The number of hydrogen-bond acceptors (Lipinski definition) is 3. The first-order valence-corrected chi connectivity index (χ1v) is 5.04. The first-order chi connectivity index (χ1) is 7.31. The summed E-state index contributed by atoms with van der Waals surface area (Å²) in [6.07, 6.45) is 5.41. The van der Waals surface area contributed by atoms with Crippen LogP contribution in [0.5, 0.6) is 0 Å². The normalized spacial score (nSPS) is 14.7. The molecule has 1 aromatic rings. The predicted octanol–water partition coefficient (Wildman–Crippen LogP) is 1.81. The van der Waals surface area contributed by atoms with Gasteiger partial charge in [0.2, 0.25) is 0 Å². The molecule has 0 aliphatic heterocycles. The monoisotopic (exact) mass is 206 g/mol. The highest BCUT2D eigenvalue weighted by Crippen LogP contribution is 2.28. The number of nitrogens with zero attached hydrogens (tertiary/aromatic N) is 2. The zero-order valence-electron chi connectivity index (χ0n) is 8.72. The van der Waals surface area contributed by atoms with E-state index in [1.807, 2.05) is 12.1 Å². The molecular weight excluding hydrogens is 192 g/mol. The lowest BCUT2D eigenvalue weighted by atomic mass is 10.2. The molecule has 0 N–H and O–H groups in total. The Kier molecular flexibility index (Phi) is 2.85. The predicted molar refractivity (Wildman–Crippen MR) is 55.2 cm³/mol. The summed E-state index contributed by atoms with van der Waals surface area (Å²) in [6.45, 7) is 0.588. The van der Waals surface area contributed by atoms with E-state index in [1.165, 1.54) is 7.11 Å². The van der Waals surface area contributed by atoms with Crippen LogP contribution in [-0.2, 0) is 11.3 Å². The van der Waals surface area contributed by atoms with E-state index in [0.29, 0.717) is 12.6 Å². The highest BCUT2D eigenvalue weighted by Gasteiger charge is 2.33. The summed E-state index contributed by atoms with van der Waals surface area (Å²) in [4.78, 5) is 17.3. The highest BCUT2D eigenvalue weighted by molar-refractivity contribution is 5.68. The molecule has 0 saturated heterocycles. The molecule has 1 amide bonds. The van der Waals surface area contributed by atoms with Gasteiger partial charge in [-0.05, 0) is 24.5 Å². The highest BCUT2D eigenvalue weighted by atomic mass is 16.5. The van der Waals surface area contributed by atoms with Gasteiger partial charge in [-0.3, -0.25) is 4.98 Å². The van der Waals surface area contributed by atoms with Crippen LogP contribution >= 0.6 is 0 Å². The number of carbonyl (C=O) groups excluding carboxylic acids is 1. The number of amides is 1. The van der Waals surface area contributed by atoms with Gasteiger partial charge in [-0.2, -0.15) is 0 Å². The van der Waals surface area contributed by atoms with Crippen molar-refractivity contribution in [2.45, 2.75) is 25.4 Å². The van der Waals surface area contributed by atoms with Gasteiger partial charge >= 0.3 is 6.09 Å². The van der Waals surface area contributed by atoms with Crippen LogP contribution in [0, 0.1) is 0 Å². The maximum atomic E-state index is 11.5. The molecule has 0 bridgehead atoms. The molecule has 4 heteroatoms. The van der Waals surface area contributed by atoms with Crippen molar-refractivity contribution < 1.29 is 9.53 Å². The Hall–Kier alpha value is -1.58. The summed E-state index contributed by atoms with van der Waals surface area (Å²) < 4.78 is 4.75. The molecular formula is C11H14N2O2. The Morgan fingerprint density at radius 3 is 3.00 bits per heavy atom. The second-order valence-corrected chi connectivity index (χ2v) is 3.69. The van der Waals surface area contributed by atoms with E-state index < -0.39 is 0 Å². The van der Waals surface area contributed by atoms with E-state index in [4.69, 9.17) is 4.74 Å². The number of methoxy groups -OCH3 is 1. The van der Waals surface area contributed by atoms with Crippen LogP contribution in [0.15, 0.2) is 24.5 Å². The summed E-state index contributed by atoms with van der Waals surface area (Å²) in [7, 11) is 1.42. The molecule has 4 nitrogen and oxygen atoms in total. The third-order valence-corrected chi connectivity index (χ3v) is 2.47. The minimum Gasteiger partial charge on any atom is -0.453 e. The fraction of sp³-hybridized carbons (Fsp3) is 0.455. The molecule has 1 heterocycles. The van der Waals surface area contributed by atoms with Crippen molar-refractivity contribution in [3.63, 3.8) is 0 Å². The number of hydrogen-bond donors (Lipinski definition) is 0. The van der Waals surface area contributed by atoms with Crippen LogP contribution < -0.4 is 0 Å². The van der Waals surface area contributed by atoms with Gasteiger partial charge in [0.25, 0.3) is 0 Å². The number of aromatic nitrogens is 1. The Morgan fingerprint density at radius 2 is 2.47 bits per heavy atom. The zero-order valence-corrected chi connectivity index (χ0v) is 8.72. The molecule has 0 aromatic carbocycles. The molecule has 1 fully saturated rings. The SMILES string of the molecule is COC(=O)N(Cc1cccnc1)C1CC1. The largest absolute Gasteiger partial charge is 0.453 e. The van der Waals surface area contributed by atoms with Crippen LogP contribution in [0.25, 0.3) is 0 Å². The first-order valence-electron chi connectivity index (χ1n) is 5.04. The van der Waals surface area contributed by atoms with Gasteiger partial charge in [0.05, 0.1) is 13.7 Å². The topological polar surface area (TPSA) is 42.4 Å². The third-order valence-electron chi connectivity index (χ3n) is 2.47. The van der Waals surface area contributed by atoms with Crippen molar-refractivity contribution in [2.75, 3.05) is 7.11 Å². The summed E-state index contributed by atoms with van der Waals surface area (Å²) >= 11 is 0. The zero-order chi connectivity index (χ0) is 10.7. The lowest BCUT2D eigenvalue weighted by molar-refractivity contribution is 0.118. The smallest absolute Gasteiger partial charge is 0.410 e. The standard InChI is InChI=1S/C11H14N2O2/c1-15-11(14)13(10-4-5-10)8-9-3-2-6-12-7-9/h2-3,6-7,10H,4-5,8H2,1H3. The van der Waals surface area contributed by atoms with Crippen LogP contribution in [0.1, 0.15) is 18.4 Å². The number of pyridine rings is 1. The van der Waals surface area contributed by atoms with Crippen molar-refractivity contribution in [1.29, 1.82) is 0 Å². The van der Waals surface area contributed by atoms with Crippen molar-refractivity contribution in [1.82, 2.24) is 9.88 Å². The second kappa shape index (κ2) is 4.29. The van der Waals surface area contributed by atoms with Gasteiger partial charge in [0, 0.05) is 18.4 Å². The van der Waals surface area contributed by atoms with Crippen molar-refractivity contribution in [3.8, 4) is 0 Å². The van der Waals surface area contributed by atoms with E-state index in [-0.39, 0.29) is 6.09 Å². The van der Waals surface area contributed by atoms with Crippen LogP contribution in [0.2, 0.25) is 0 Å². The summed E-state index contributed by atoms with van der Waals surface area (Å²) in [6, 6.07) is 4.20. The second-order valence-electron chi connectivity index (χ2n) is 3.69. The Balaban J connectivity index is 2.04. The molecule has 1 aromatic heterocycles. The summed E-state index contributed by atoms with van der Waals surface area (Å²) in [5.41, 5.74) is 1.04. The van der Waals surface area contributed by atoms with E-state index in [0.717, 1.165) is 18.4 Å². The summed E-state index contributed by atoms with van der Waals surface area (Å²) in [5.74, 6) is 0. The third kappa shape index (κ3) is 2.46. The van der Waals surface area contributed by atoms with Gasteiger partial charge in [0.1, 0.15) is 0 Å². The van der Waals surface area contributed by atoms with Crippen LogP contribution in [-0.4, -0.2) is 29.1 Å². The molecule has 0 unspecified atom stereocenters. The van der Waals surface area contributed by atoms with E-state index in [1.54, 1.807) is 17.3 Å².